The van der Waals surface area contributed by atoms with E-state index in [4.69, 9.17) is 23.2 Å². The maximum atomic E-state index is 6.13. The topological polar surface area (TPSA) is 0 Å². The van der Waals surface area contributed by atoms with Crippen LogP contribution >= 0.6 is 34.5 Å². The Morgan fingerprint density at radius 1 is 1.00 bits per heavy atom. The molecule has 3 rings (SSSR count). The Morgan fingerprint density at radius 2 is 1.75 bits per heavy atom. The summed E-state index contributed by atoms with van der Waals surface area (Å²) in [6, 6.07) is 10.1. The number of thiophene rings is 1. The van der Waals surface area contributed by atoms with Crippen LogP contribution in [0.5, 0.6) is 0 Å². The first-order valence-electron chi connectivity index (χ1n) is 4.93. The molecule has 2 aromatic carbocycles. The van der Waals surface area contributed by atoms with Gasteiger partial charge in [-0.3, -0.25) is 0 Å². The average molecular weight is 267 g/mol. The van der Waals surface area contributed by atoms with Crippen LogP contribution in [0.3, 0.4) is 0 Å². The largest absolute Gasteiger partial charge is 0.135 e. The van der Waals surface area contributed by atoms with Crippen molar-refractivity contribution in [3.05, 3.63) is 45.9 Å². The number of hydrogen-bond donors (Lipinski definition) is 0. The van der Waals surface area contributed by atoms with Crippen molar-refractivity contribution < 1.29 is 0 Å². The number of hydrogen-bond acceptors (Lipinski definition) is 1. The van der Waals surface area contributed by atoms with Crippen molar-refractivity contribution in [3.8, 4) is 0 Å². The third-order valence-corrected chi connectivity index (χ3v) is 4.72. The fraction of sp³-hybridized carbons (Fsp3) is 0.0769. The lowest BCUT2D eigenvalue weighted by Gasteiger charge is -1.98. The molecule has 16 heavy (non-hydrogen) atoms. The van der Waals surface area contributed by atoms with E-state index in [0.29, 0.717) is 0 Å². The van der Waals surface area contributed by atoms with Crippen molar-refractivity contribution in [2.45, 2.75) is 6.92 Å². The fourth-order valence-electron chi connectivity index (χ4n) is 1.92. The Hall–Kier alpha value is -0.760. The van der Waals surface area contributed by atoms with Gasteiger partial charge in [-0.1, -0.05) is 35.3 Å². The van der Waals surface area contributed by atoms with Gasteiger partial charge in [-0.25, -0.2) is 0 Å². The SMILES string of the molecule is Cc1c(Cl)ccc2c1sc1cc(Cl)ccc12. The minimum atomic E-state index is 0.780. The second-order valence-electron chi connectivity index (χ2n) is 3.79. The highest BCUT2D eigenvalue weighted by Crippen LogP contribution is 2.38. The molecule has 0 aliphatic heterocycles. The van der Waals surface area contributed by atoms with Crippen molar-refractivity contribution >= 4 is 54.7 Å². The standard InChI is InChI=1S/C13H8Cl2S/c1-7-11(15)5-4-10-9-3-2-8(14)6-12(9)16-13(7)10/h2-6H,1H3. The Bertz CT molecular complexity index is 698. The lowest BCUT2D eigenvalue weighted by atomic mass is 10.1. The summed E-state index contributed by atoms with van der Waals surface area (Å²) in [4.78, 5) is 0. The molecular weight excluding hydrogens is 259 g/mol. The third kappa shape index (κ3) is 1.43. The highest BCUT2D eigenvalue weighted by Gasteiger charge is 2.09. The summed E-state index contributed by atoms with van der Waals surface area (Å²) in [5.41, 5.74) is 1.15. The molecule has 80 valence electrons. The first-order valence-corrected chi connectivity index (χ1v) is 6.51. The highest BCUT2D eigenvalue weighted by atomic mass is 35.5. The molecule has 0 nitrogen and oxygen atoms in total. The van der Waals surface area contributed by atoms with Gasteiger partial charge in [0, 0.05) is 30.2 Å². The molecule has 0 bridgehead atoms. The lowest BCUT2D eigenvalue weighted by Crippen LogP contribution is -1.74. The molecule has 0 radical (unpaired) electrons. The molecule has 0 amide bonds. The van der Waals surface area contributed by atoms with E-state index < -0.39 is 0 Å². The maximum Gasteiger partial charge on any atom is 0.0449 e. The molecule has 0 spiro atoms. The van der Waals surface area contributed by atoms with Crippen LogP contribution in [-0.2, 0) is 0 Å². The van der Waals surface area contributed by atoms with Crippen LogP contribution in [0.25, 0.3) is 20.2 Å². The zero-order valence-corrected chi connectivity index (χ0v) is 10.9. The van der Waals surface area contributed by atoms with Gasteiger partial charge in [-0.15, -0.1) is 11.3 Å². The van der Waals surface area contributed by atoms with Gasteiger partial charge in [0.2, 0.25) is 0 Å². The molecule has 0 N–H and O–H groups in total. The van der Waals surface area contributed by atoms with Crippen molar-refractivity contribution in [2.24, 2.45) is 0 Å². The van der Waals surface area contributed by atoms with Crippen LogP contribution in [-0.4, -0.2) is 0 Å². The highest BCUT2D eigenvalue weighted by molar-refractivity contribution is 7.26. The third-order valence-electron chi connectivity index (χ3n) is 2.79. The molecule has 0 aliphatic carbocycles. The second kappa shape index (κ2) is 3.63. The quantitative estimate of drug-likeness (QED) is 0.492. The van der Waals surface area contributed by atoms with Crippen LogP contribution < -0.4 is 0 Å². The van der Waals surface area contributed by atoms with Gasteiger partial charge in [-0.2, -0.15) is 0 Å². The van der Waals surface area contributed by atoms with Gasteiger partial charge in [0.05, 0.1) is 0 Å². The Balaban J connectivity index is 2.55. The van der Waals surface area contributed by atoms with E-state index >= 15 is 0 Å². The Morgan fingerprint density at radius 3 is 2.56 bits per heavy atom. The smallest absolute Gasteiger partial charge is 0.0449 e. The summed E-state index contributed by atoms with van der Waals surface area (Å²) in [7, 11) is 0. The monoisotopic (exact) mass is 266 g/mol. The zero-order valence-electron chi connectivity index (χ0n) is 8.55. The normalized spacial score (nSPS) is 11.4. The molecule has 0 saturated carbocycles. The van der Waals surface area contributed by atoms with Crippen LogP contribution in [0, 0.1) is 6.92 Å². The van der Waals surface area contributed by atoms with Gasteiger partial charge in [-0.05, 0) is 30.7 Å². The zero-order chi connectivity index (χ0) is 11.3. The summed E-state index contributed by atoms with van der Waals surface area (Å²) in [5.74, 6) is 0. The predicted molar refractivity (Wildman–Crippen MR) is 74.1 cm³/mol. The summed E-state index contributed by atoms with van der Waals surface area (Å²) < 4.78 is 2.47. The molecule has 3 heteroatoms. The molecule has 1 aromatic heterocycles. The van der Waals surface area contributed by atoms with Crippen molar-refractivity contribution in [1.29, 1.82) is 0 Å². The molecule has 0 unspecified atom stereocenters. The molecule has 0 fully saturated rings. The molecule has 0 atom stereocenters. The van der Waals surface area contributed by atoms with Crippen LogP contribution in [0.4, 0.5) is 0 Å². The first-order chi connectivity index (χ1) is 7.66. The average Bonchev–Trinajstić information content (AvgIpc) is 2.62. The van der Waals surface area contributed by atoms with Crippen LogP contribution in [0.15, 0.2) is 30.3 Å². The van der Waals surface area contributed by atoms with Gasteiger partial charge in [0.25, 0.3) is 0 Å². The molecule has 0 aliphatic rings. The van der Waals surface area contributed by atoms with Gasteiger partial charge >= 0.3 is 0 Å². The number of halogens is 2. The van der Waals surface area contributed by atoms with Crippen LogP contribution in [0.2, 0.25) is 10.0 Å². The van der Waals surface area contributed by atoms with E-state index in [1.807, 2.05) is 18.2 Å². The molecule has 3 aromatic rings. The maximum absolute atomic E-state index is 6.13. The van der Waals surface area contributed by atoms with E-state index in [0.717, 1.165) is 15.6 Å². The van der Waals surface area contributed by atoms with Crippen molar-refractivity contribution in [2.75, 3.05) is 0 Å². The number of rotatable bonds is 0. The van der Waals surface area contributed by atoms with E-state index in [1.54, 1.807) is 11.3 Å². The number of aryl methyl sites for hydroxylation is 1. The predicted octanol–water partition coefficient (Wildman–Crippen LogP) is 5.67. The van der Waals surface area contributed by atoms with E-state index in [2.05, 4.69) is 19.1 Å². The summed E-state index contributed by atoms with van der Waals surface area (Å²) in [6.45, 7) is 2.06. The van der Waals surface area contributed by atoms with E-state index in [-0.39, 0.29) is 0 Å². The molecular formula is C13H8Cl2S. The first kappa shape index (κ1) is 10.4. The van der Waals surface area contributed by atoms with Gasteiger partial charge in [0.1, 0.15) is 0 Å². The summed E-state index contributed by atoms with van der Waals surface area (Å²) in [6.07, 6.45) is 0. The van der Waals surface area contributed by atoms with E-state index in [9.17, 15) is 0 Å². The van der Waals surface area contributed by atoms with Crippen LogP contribution in [0.1, 0.15) is 5.56 Å². The minimum Gasteiger partial charge on any atom is -0.135 e. The number of fused-ring (bicyclic) bond motifs is 3. The Labute approximate surface area is 107 Å². The van der Waals surface area contributed by atoms with Gasteiger partial charge < -0.3 is 0 Å². The lowest BCUT2D eigenvalue weighted by molar-refractivity contribution is 1.56. The number of benzene rings is 2. The van der Waals surface area contributed by atoms with Crippen molar-refractivity contribution in [3.63, 3.8) is 0 Å². The Kier molecular flexibility index (Phi) is 2.36. The van der Waals surface area contributed by atoms with Gasteiger partial charge in [0.15, 0.2) is 0 Å². The fourth-order valence-corrected chi connectivity index (χ4v) is 3.62. The molecule has 0 saturated heterocycles. The summed E-state index contributed by atoms with van der Waals surface area (Å²) >= 11 is 13.9. The summed E-state index contributed by atoms with van der Waals surface area (Å²) in [5, 5.41) is 4.12. The van der Waals surface area contributed by atoms with Crippen molar-refractivity contribution in [1.82, 2.24) is 0 Å². The second-order valence-corrected chi connectivity index (χ2v) is 5.69. The van der Waals surface area contributed by atoms with E-state index in [1.165, 1.54) is 20.2 Å². The molecule has 1 heterocycles. The minimum absolute atomic E-state index is 0.780.